The highest BCUT2D eigenvalue weighted by Crippen LogP contribution is 2.40. The van der Waals surface area contributed by atoms with Gasteiger partial charge in [0.2, 0.25) is 0 Å². The summed E-state index contributed by atoms with van der Waals surface area (Å²) in [5.41, 5.74) is 3.95. The van der Waals surface area contributed by atoms with Crippen molar-refractivity contribution in [2.24, 2.45) is 0 Å². The lowest BCUT2D eigenvalue weighted by molar-refractivity contribution is 0.612. The summed E-state index contributed by atoms with van der Waals surface area (Å²) in [4.78, 5) is 8.89. The summed E-state index contributed by atoms with van der Waals surface area (Å²) in [7, 11) is 0. The molecule has 0 spiro atoms. The van der Waals surface area contributed by atoms with Crippen LogP contribution in [0, 0.1) is 0 Å². The lowest BCUT2D eigenvalue weighted by atomic mass is 10.0. The average Bonchev–Trinajstić information content (AvgIpc) is 2.82. The molecule has 3 rings (SSSR count). The number of hydrogen-bond donors (Lipinski definition) is 1. The first-order valence-corrected chi connectivity index (χ1v) is 6.65. The number of fused-ring (bicyclic) bond motifs is 1. The van der Waals surface area contributed by atoms with Gasteiger partial charge < -0.3 is 5.32 Å². The van der Waals surface area contributed by atoms with Crippen LogP contribution in [0.2, 0.25) is 0 Å². The van der Waals surface area contributed by atoms with Crippen molar-refractivity contribution in [2.45, 2.75) is 31.1 Å². The van der Waals surface area contributed by atoms with Gasteiger partial charge in [0.15, 0.2) is 0 Å². The van der Waals surface area contributed by atoms with Crippen molar-refractivity contribution in [3.8, 4) is 0 Å². The Morgan fingerprint density at radius 1 is 1.40 bits per heavy atom. The van der Waals surface area contributed by atoms with Gasteiger partial charge in [-0.2, -0.15) is 11.8 Å². The fourth-order valence-corrected chi connectivity index (χ4v) is 3.68. The standard InChI is InChI=1S/C11H15N3S/c1-2-10(15-5-1)11-8-6-12-4-3-9(8)13-7-14-11/h7,10,12H,1-6H2. The maximum atomic E-state index is 4.50. The number of thioether (sulfide) groups is 1. The van der Waals surface area contributed by atoms with Crippen LogP contribution in [0.5, 0.6) is 0 Å². The zero-order chi connectivity index (χ0) is 10.1. The largest absolute Gasteiger partial charge is 0.312 e. The summed E-state index contributed by atoms with van der Waals surface area (Å²) in [6.07, 6.45) is 5.43. The Hall–Kier alpha value is -0.610. The van der Waals surface area contributed by atoms with Crippen LogP contribution in [0.15, 0.2) is 6.33 Å². The van der Waals surface area contributed by atoms with E-state index in [1.165, 1.54) is 35.5 Å². The lowest BCUT2D eigenvalue weighted by Gasteiger charge is -2.20. The van der Waals surface area contributed by atoms with Gasteiger partial charge in [0, 0.05) is 36.0 Å². The third-order valence-corrected chi connectivity index (χ3v) is 4.53. The fourth-order valence-electron chi connectivity index (χ4n) is 2.36. The van der Waals surface area contributed by atoms with E-state index in [1.54, 1.807) is 6.33 Å². The van der Waals surface area contributed by atoms with E-state index in [4.69, 9.17) is 0 Å². The van der Waals surface area contributed by atoms with Crippen molar-refractivity contribution in [3.05, 3.63) is 23.3 Å². The van der Waals surface area contributed by atoms with Crippen molar-refractivity contribution in [1.29, 1.82) is 0 Å². The summed E-state index contributed by atoms with van der Waals surface area (Å²) in [6.45, 7) is 2.02. The first-order valence-electron chi connectivity index (χ1n) is 5.60. The summed E-state index contributed by atoms with van der Waals surface area (Å²) in [6, 6.07) is 0. The van der Waals surface area contributed by atoms with Gasteiger partial charge in [0.25, 0.3) is 0 Å². The zero-order valence-electron chi connectivity index (χ0n) is 8.70. The van der Waals surface area contributed by atoms with Crippen LogP contribution in [0.3, 0.4) is 0 Å². The number of nitrogens with one attached hydrogen (secondary N) is 1. The molecule has 1 fully saturated rings. The Morgan fingerprint density at radius 3 is 3.27 bits per heavy atom. The average molecular weight is 221 g/mol. The minimum absolute atomic E-state index is 0.627. The number of nitrogens with zero attached hydrogens (tertiary/aromatic N) is 2. The second-order valence-corrected chi connectivity index (χ2v) is 5.42. The molecule has 2 aliphatic heterocycles. The van der Waals surface area contributed by atoms with Gasteiger partial charge in [-0.1, -0.05) is 0 Å². The minimum Gasteiger partial charge on any atom is -0.312 e. The predicted octanol–water partition coefficient (Wildman–Crippen LogP) is 1.69. The van der Waals surface area contributed by atoms with Crippen molar-refractivity contribution in [3.63, 3.8) is 0 Å². The Kier molecular flexibility index (Phi) is 2.63. The molecular weight excluding hydrogens is 206 g/mol. The smallest absolute Gasteiger partial charge is 0.116 e. The Labute approximate surface area is 94.1 Å². The van der Waals surface area contributed by atoms with Gasteiger partial charge in [0.05, 0.1) is 5.69 Å². The molecule has 0 bridgehead atoms. The zero-order valence-corrected chi connectivity index (χ0v) is 9.52. The van der Waals surface area contributed by atoms with Gasteiger partial charge in [0.1, 0.15) is 6.33 Å². The maximum absolute atomic E-state index is 4.50. The van der Waals surface area contributed by atoms with Gasteiger partial charge >= 0.3 is 0 Å². The van der Waals surface area contributed by atoms with E-state index in [0.717, 1.165) is 19.5 Å². The van der Waals surface area contributed by atoms with Crippen molar-refractivity contribution >= 4 is 11.8 Å². The highest BCUT2D eigenvalue weighted by molar-refractivity contribution is 7.99. The molecule has 0 amide bonds. The monoisotopic (exact) mass is 221 g/mol. The molecule has 0 aromatic carbocycles. The van der Waals surface area contributed by atoms with Crippen molar-refractivity contribution in [2.75, 3.05) is 12.3 Å². The summed E-state index contributed by atoms with van der Waals surface area (Å²) < 4.78 is 0. The van der Waals surface area contributed by atoms with Crippen LogP contribution < -0.4 is 5.32 Å². The van der Waals surface area contributed by atoms with Gasteiger partial charge in [-0.3, -0.25) is 0 Å². The Bertz CT molecular complexity index is 361. The molecule has 1 saturated heterocycles. The maximum Gasteiger partial charge on any atom is 0.116 e. The summed E-state index contributed by atoms with van der Waals surface area (Å²) in [5, 5.41) is 4.04. The molecule has 80 valence electrons. The van der Waals surface area contributed by atoms with E-state index in [0.29, 0.717) is 5.25 Å². The van der Waals surface area contributed by atoms with E-state index < -0.39 is 0 Å². The van der Waals surface area contributed by atoms with Crippen LogP contribution in [0.25, 0.3) is 0 Å². The first-order chi connectivity index (χ1) is 7.45. The fraction of sp³-hybridized carbons (Fsp3) is 0.636. The van der Waals surface area contributed by atoms with E-state index in [9.17, 15) is 0 Å². The van der Waals surface area contributed by atoms with Crippen molar-refractivity contribution in [1.82, 2.24) is 15.3 Å². The summed E-state index contributed by atoms with van der Waals surface area (Å²) in [5.74, 6) is 1.29. The van der Waals surface area contributed by atoms with Gasteiger partial charge in [-0.15, -0.1) is 0 Å². The second kappa shape index (κ2) is 4.10. The second-order valence-electron chi connectivity index (χ2n) is 4.11. The molecule has 3 heterocycles. The topological polar surface area (TPSA) is 37.8 Å². The summed E-state index contributed by atoms with van der Waals surface area (Å²) >= 11 is 2.05. The molecule has 1 aromatic heterocycles. The van der Waals surface area contributed by atoms with Crippen molar-refractivity contribution < 1.29 is 0 Å². The quantitative estimate of drug-likeness (QED) is 0.783. The Balaban J connectivity index is 1.99. The van der Waals surface area contributed by atoms with Crippen LogP contribution >= 0.6 is 11.8 Å². The first kappa shape index (κ1) is 9.60. The van der Waals surface area contributed by atoms with Crippen LogP contribution in [0.4, 0.5) is 0 Å². The lowest BCUT2D eigenvalue weighted by Crippen LogP contribution is -2.26. The predicted molar refractivity (Wildman–Crippen MR) is 61.9 cm³/mol. The number of hydrogen-bond acceptors (Lipinski definition) is 4. The van der Waals surface area contributed by atoms with E-state index >= 15 is 0 Å². The molecule has 0 saturated carbocycles. The molecular formula is C11H15N3S. The normalized spacial score (nSPS) is 25.2. The molecule has 1 N–H and O–H groups in total. The van der Waals surface area contributed by atoms with E-state index in [1.807, 2.05) is 0 Å². The van der Waals surface area contributed by atoms with Crippen LogP contribution in [0.1, 0.15) is 35.0 Å². The third kappa shape index (κ3) is 1.76. The Morgan fingerprint density at radius 2 is 2.40 bits per heavy atom. The highest BCUT2D eigenvalue weighted by Gasteiger charge is 2.24. The number of aromatic nitrogens is 2. The molecule has 4 heteroatoms. The molecule has 1 atom stereocenters. The molecule has 3 nitrogen and oxygen atoms in total. The molecule has 2 aliphatic rings. The molecule has 1 unspecified atom stereocenters. The molecule has 15 heavy (non-hydrogen) atoms. The third-order valence-electron chi connectivity index (χ3n) is 3.14. The van der Waals surface area contributed by atoms with E-state index in [-0.39, 0.29) is 0 Å². The van der Waals surface area contributed by atoms with Crippen LogP contribution in [-0.2, 0) is 13.0 Å². The SMILES string of the molecule is c1nc2c(c(C3CCCS3)n1)CNCC2. The van der Waals surface area contributed by atoms with Crippen LogP contribution in [-0.4, -0.2) is 22.3 Å². The van der Waals surface area contributed by atoms with Gasteiger partial charge in [-0.25, -0.2) is 9.97 Å². The van der Waals surface area contributed by atoms with E-state index in [2.05, 4.69) is 27.0 Å². The highest BCUT2D eigenvalue weighted by atomic mass is 32.2. The molecule has 1 aromatic rings. The minimum atomic E-state index is 0.627. The number of rotatable bonds is 1. The molecule has 0 aliphatic carbocycles. The molecule has 0 radical (unpaired) electrons. The van der Waals surface area contributed by atoms with Gasteiger partial charge in [-0.05, 0) is 18.6 Å².